The summed E-state index contributed by atoms with van der Waals surface area (Å²) in [5.74, 6) is -3.87. The number of aryl methyl sites for hydroxylation is 1. The second kappa shape index (κ2) is 10.7. The minimum Gasteiger partial charge on any atom is -0.467 e. The number of nitrogens with zero attached hydrogens (tertiary/aromatic N) is 1. The number of carbonyl (C=O) groups is 4. The van der Waals surface area contributed by atoms with E-state index >= 15 is 0 Å². The Hall–Kier alpha value is -3.74. The van der Waals surface area contributed by atoms with Crippen molar-refractivity contribution >= 4 is 29.6 Å². The second-order valence-corrected chi connectivity index (χ2v) is 7.02. The maximum absolute atomic E-state index is 12.4. The Balaban J connectivity index is 2.58. The molecule has 1 saturated heterocycles. The zero-order chi connectivity index (χ0) is 24.9. The molecule has 0 saturated carbocycles. The first-order chi connectivity index (χ1) is 15.4. The van der Waals surface area contributed by atoms with Gasteiger partial charge in [-0.15, -0.1) is 0 Å². The lowest BCUT2D eigenvalue weighted by molar-refractivity contribution is -0.387. The number of methoxy groups -OCH3 is 1. The predicted molar refractivity (Wildman–Crippen MR) is 106 cm³/mol. The quantitative estimate of drug-likeness (QED) is 0.241. The highest BCUT2D eigenvalue weighted by Gasteiger charge is 2.56. The van der Waals surface area contributed by atoms with Crippen molar-refractivity contribution in [1.82, 2.24) is 0 Å². The maximum Gasteiger partial charge on any atom is 0.339 e. The van der Waals surface area contributed by atoms with E-state index in [-0.39, 0.29) is 5.75 Å². The molecule has 13 nitrogen and oxygen atoms in total. The summed E-state index contributed by atoms with van der Waals surface area (Å²) in [5.41, 5.74) is 0.135. The van der Waals surface area contributed by atoms with E-state index in [9.17, 15) is 29.3 Å². The van der Waals surface area contributed by atoms with Crippen LogP contribution in [0.15, 0.2) is 18.2 Å². The van der Waals surface area contributed by atoms with E-state index in [1.165, 1.54) is 18.2 Å². The normalized spacial score (nSPS) is 24.2. The molecule has 33 heavy (non-hydrogen) atoms. The van der Waals surface area contributed by atoms with Gasteiger partial charge >= 0.3 is 29.6 Å². The first kappa shape index (κ1) is 25.5. The van der Waals surface area contributed by atoms with Crippen molar-refractivity contribution in [2.75, 3.05) is 7.11 Å². The van der Waals surface area contributed by atoms with Crippen molar-refractivity contribution in [1.29, 1.82) is 0 Å². The molecule has 0 unspecified atom stereocenters. The number of carbonyl (C=O) groups excluding carboxylic acids is 4. The average Bonchev–Trinajstić information content (AvgIpc) is 2.71. The van der Waals surface area contributed by atoms with Crippen LogP contribution in [-0.2, 0) is 42.9 Å². The van der Waals surface area contributed by atoms with Gasteiger partial charge in [-0.25, -0.2) is 4.79 Å². The van der Waals surface area contributed by atoms with Crippen molar-refractivity contribution in [3.63, 3.8) is 0 Å². The molecule has 2 rings (SSSR count). The highest BCUT2D eigenvalue weighted by atomic mass is 16.7. The van der Waals surface area contributed by atoms with E-state index in [0.29, 0.717) is 5.56 Å². The van der Waals surface area contributed by atoms with Crippen LogP contribution in [0.1, 0.15) is 26.3 Å². The molecule has 0 bridgehead atoms. The number of nitro benzene ring substituents is 1. The predicted octanol–water partition coefficient (Wildman–Crippen LogP) is 0.975. The summed E-state index contributed by atoms with van der Waals surface area (Å²) in [6, 6.07) is 4.05. The third-order valence-electron chi connectivity index (χ3n) is 4.39. The summed E-state index contributed by atoms with van der Waals surface area (Å²) >= 11 is 0. The fraction of sp³-hybridized carbons (Fsp3) is 0.500. The fourth-order valence-corrected chi connectivity index (χ4v) is 3.17. The van der Waals surface area contributed by atoms with Crippen molar-refractivity contribution < 1.29 is 52.5 Å². The Morgan fingerprint density at radius 3 is 2.00 bits per heavy atom. The molecule has 0 radical (unpaired) electrons. The number of hydrogen-bond acceptors (Lipinski definition) is 12. The van der Waals surface area contributed by atoms with Gasteiger partial charge in [-0.3, -0.25) is 24.5 Å². The Labute approximate surface area is 188 Å². The van der Waals surface area contributed by atoms with Crippen LogP contribution in [0.3, 0.4) is 0 Å². The summed E-state index contributed by atoms with van der Waals surface area (Å²) in [6.07, 6.45) is -8.07. The smallest absolute Gasteiger partial charge is 0.339 e. The van der Waals surface area contributed by atoms with Gasteiger partial charge in [-0.05, 0) is 18.6 Å². The maximum atomic E-state index is 12.4. The zero-order valence-corrected chi connectivity index (χ0v) is 18.5. The molecule has 1 aliphatic rings. The van der Waals surface area contributed by atoms with E-state index < -0.39 is 65.2 Å². The molecule has 0 aliphatic carbocycles. The topological polar surface area (TPSA) is 167 Å². The van der Waals surface area contributed by atoms with Crippen LogP contribution in [0.25, 0.3) is 0 Å². The van der Waals surface area contributed by atoms with Gasteiger partial charge in [0, 0.05) is 26.8 Å². The van der Waals surface area contributed by atoms with Crippen LogP contribution in [0, 0.1) is 17.0 Å². The van der Waals surface area contributed by atoms with Gasteiger partial charge in [0.1, 0.15) is 0 Å². The van der Waals surface area contributed by atoms with Crippen LogP contribution in [0.4, 0.5) is 5.69 Å². The molecule has 1 aromatic rings. The summed E-state index contributed by atoms with van der Waals surface area (Å²) in [5, 5.41) is 11.5. The molecule has 1 heterocycles. The van der Waals surface area contributed by atoms with E-state index in [0.717, 1.165) is 27.9 Å². The molecule has 0 spiro atoms. The minimum absolute atomic E-state index is 0.274. The average molecular weight is 469 g/mol. The summed E-state index contributed by atoms with van der Waals surface area (Å²) in [6.45, 7) is 4.75. The number of hydrogen-bond donors (Lipinski definition) is 0. The Morgan fingerprint density at radius 2 is 1.48 bits per heavy atom. The van der Waals surface area contributed by atoms with E-state index in [1.807, 2.05) is 0 Å². The first-order valence-electron chi connectivity index (χ1n) is 9.61. The zero-order valence-electron chi connectivity index (χ0n) is 18.5. The second-order valence-electron chi connectivity index (χ2n) is 7.02. The van der Waals surface area contributed by atoms with Crippen LogP contribution in [0.5, 0.6) is 5.75 Å². The van der Waals surface area contributed by atoms with Crippen LogP contribution < -0.4 is 4.74 Å². The van der Waals surface area contributed by atoms with Crippen molar-refractivity contribution in [3.05, 3.63) is 33.9 Å². The Bertz CT molecular complexity index is 945. The highest BCUT2D eigenvalue weighted by Crippen LogP contribution is 2.34. The molecule has 0 aromatic heterocycles. The molecule has 1 aliphatic heterocycles. The van der Waals surface area contributed by atoms with Gasteiger partial charge in [0.15, 0.2) is 24.1 Å². The van der Waals surface area contributed by atoms with Gasteiger partial charge in [0.25, 0.3) is 0 Å². The molecule has 0 N–H and O–H groups in total. The third kappa shape index (κ3) is 6.38. The Kier molecular flexibility index (Phi) is 8.29. The van der Waals surface area contributed by atoms with Gasteiger partial charge in [0.2, 0.25) is 12.4 Å². The van der Waals surface area contributed by atoms with E-state index in [1.54, 1.807) is 6.92 Å². The van der Waals surface area contributed by atoms with Crippen molar-refractivity contribution in [2.24, 2.45) is 0 Å². The SMILES string of the molecule is COC(=O)[C@H]1O[C@@H](Oc2ccc(C)cc2[N+](=O)[O-])[C@H](OC(C)=O)[C@@H](OC(C)=O)[C@@H]1OC(C)=O. The molecule has 13 heteroatoms. The molecule has 5 atom stereocenters. The lowest BCUT2D eigenvalue weighted by atomic mass is 9.97. The van der Waals surface area contributed by atoms with Gasteiger partial charge in [-0.1, -0.05) is 6.07 Å². The van der Waals surface area contributed by atoms with E-state index in [2.05, 4.69) is 4.74 Å². The fourth-order valence-electron chi connectivity index (χ4n) is 3.17. The van der Waals surface area contributed by atoms with Crippen molar-refractivity contribution in [2.45, 2.75) is 58.4 Å². The monoisotopic (exact) mass is 469 g/mol. The third-order valence-corrected chi connectivity index (χ3v) is 4.39. The molecule has 180 valence electrons. The molecule has 1 aromatic carbocycles. The number of ether oxygens (including phenoxy) is 6. The van der Waals surface area contributed by atoms with Crippen molar-refractivity contribution in [3.8, 4) is 5.75 Å². The minimum atomic E-state index is -1.68. The number of nitro groups is 1. The van der Waals surface area contributed by atoms with Crippen LogP contribution in [0.2, 0.25) is 0 Å². The largest absolute Gasteiger partial charge is 0.467 e. The number of benzene rings is 1. The number of rotatable bonds is 7. The van der Waals surface area contributed by atoms with Gasteiger partial charge < -0.3 is 28.4 Å². The summed E-state index contributed by atoms with van der Waals surface area (Å²) in [4.78, 5) is 58.4. The van der Waals surface area contributed by atoms with E-state index in [4.69, 9.17) is 23.7 Å². The lowest BCUT2D eigenvalue weighted by Gasteiger charge is -2.42. The van der Waals surface area contributed by atoms with Gasteiger partial charge in [0.05, 0.1) is 12.0 Å². The van der Waals surface area contributed by atoms with Crippen LogP contribution in [-0.4, -0.2) is 66.6 Å². The standard InChI is InChI=1S/C20H23NO12/c1-9-6-7-14(13(8-9)21(26)27)32-20-18(31-12(4)24)16(30-11(3)23)15(29-10(2)22)17(33-20)19(25)28-5/h6-8,15-18,20H,1-5H3/t15-,16-,17-,18+,20+/m0/s1. The van der Waals surface area contributed by atoms with Crippen LogP contribution >= 0.6 is 0 Å². The highest BCUT2D eigenvalue weighted by molar-refractivity contribution is 5.77. The van der Waals surface area contributed by atoms with Gasteiger partial charge in [-0.2, -0.15) is 0 Å². The molecule has 0 amide bonds. The lowest BCUT2D eigenvalue weighted by Crippen LogP contribution is -2.64. The summed E-state index contributed by atoms with van der Waals surface area (Å²) in [7, 11) is 1.04. The molecular formula is C20H23NO12. The Morgan fingerprint density at radius 1 is 0.939 bits per heavy atom. The molecular weight excluding hydrogens is 446 g/mol. The first-order valence-corrected chi connectivity index (χ1v) is 9.61. The summed E-state index contributed by atoms with van der Waals surface area (Å²) < 4.78 is 31.4. The number of esters is 4. The molecule has 1 fully saturated rings.